The van der Waals surface area contributed by atoms with E-state index < -0.39 is 12.1 Å². The van der Waals surface area contributed by atoms with Crippen molar-refractivity contribution in [2.75, 3.05) is 6.61 Å². The summed E-state index contributed by atoms with van der Waals surface area (Å²) in [5, 5.41) is 23.4. The zero-order valence-electron chi connectivity index (χ0n) is 47.7. The second-order valence-electron chi connectivity index (χ2n) is 21.5. The summed E-state index contributed by atoms with van der Waals surface area (Å²) in [7, 11) is 0. The maximum absolute atomic E-state index is 12.5. The Balaban J connectivity index is 3.46. The molecule has 0 bridgehead atoms. The van der Waals surface area contributed by atoms with Crippen LogP contribution in [0.25, 0.3) is 0 Å². The van der Waals surface area contributed by atoms with E-state index in [9.17, 15) is 15.0 Å². The summed E-state index contributed by atoms with van der Waals surface area (Å²) >= 11 is 0. The average molecular weight is 991 g/mol. The molecule has 0 spiro atoms. The third-order valence-electron chi connectivity index (χ3n) is 14.5. The van der Waals surface area contributed by atoms with Gasteiger partial charge >= 0.3 is 0 Å². The van der Waals surface area contributed by atoms with Gasteiger partial charge in [-0.15, -0.1) is 0 Å². The smallest absolute Gasteiger partial charge is 0.220 e. The van der Waals surface area contributed by atoms with Crippen molar-refractivity contribution in [1.82, 2.24) is 5.32 Å². The number of amides is 1. The maximum atomic E-state index is 12.5. The highest BCUT2D eigenvalue weighted by Gasteiger charge is 2.20. The fraction of sp³-hybridized carbons (Fsp3) is 0.806. The number of hydrogen-bond donors (Lipinski definition) is 3. The van der Waals surface area contributed by atoms with Crippen molar-refractivity contribution < 1.29 is 15.0 Å². The molecule has 3 N–H and O–H groups in total. The Morgan fingerprint density at radius 1 is 0.352 bits per heavy atom. The van der Waals surface area contributed by atoms with Gasteiger partial charge < -0.3 is 15.5 Å². The minimum atomic E-state index is -0.670. The Bertz CT molecular complexity index is 1210. The minimum Gasteiger partial charge on any atom is -0.394 e. The van der Waals surface area contributed by atoms with E-state index in [1.807, 2.05) is 0 Å². The first-order valence-electron chi connectivity index (χ1n) is 31.6. The highest BCUT2D eigenvalue weighted by Crippen LogP contribution is 2.18. The summed E-state index contributed by atoms with van der Waals surface area (Å²) in [6.45, 7) is 4.27. The lowest BCUT2D eigenvalue weighted by Crippen LogP contribution is -2.45. The van der Waals surface area contributed by atoms with E-state index in [-0.39, 0.29) is 12.5 Å². The van der Waals surface area contributed by atoms with E-state index in [0.29, 0.717) is 12.8 Å². The zero-order chi connectivity index (χ0) is 51.3. The van der Waals surface area contributed by atoms with Crippen molar-refractivity contribution in [2.24, 2.45) is 0 Å². The molecule has 2 unspecified atom stereocenters. The van der Waals surface area contributed by atoms with Gasteiger partial charge in [0, 0.05) is 6.42 Å². The summed E-state index contributed by atoms with van der Waals surface area (Å²) in [6, 6.07) is -0.547. The van der Waals surface area contributed by atoms with Gasteiger partial charge in [0.05, 0.1) is 18.8 Å². The molecule has 0 heterocycles. The van der Waals surface area contributed by atoms with Gasteiger partial charge in [-0.05, 0) is 64.2 Å². The molecule has 0 fully saturated rings. The monoisotopic (exact) mass is 990 g/mol. The minimum absolute atomic E-state index is 0.0384. The lowest BCUT2D eigenvalue weighted by atomic mass is 10.0. The summed E-state index contributed by atoms with van der Waals surface area (Å²) in [6.07, 6.45) is 89.2. The Labute approximate surface area is 444 Å². The van der Waals surface area contributed by atoms with Gasteiger partial charge in [0.25, 0.3) is 0 Å². The highest BCUT2D eigenvalue weighted by molar-refractivity contribution is 5.76. The summed E-state index contributed by atoms with van der Waals surface area (Å²) in [4.78, 5) is 12.5. The molecule has 4 heteroatoms. The van der Waals surface area contributed by atoms with Gasteiger partial charge in [0.1, 0.15) is 0 Å². The molecule has 71 heavy (non-hydrogen) atoms. The number of carbonyl (C=O) groups is 1. The van der Waals surface area contributed by atoms with Gasteiger partial charge in [-0.25, -0.2) is 0 Å². The number of carbonyl (C=O) groups excluding carboxylic acids is 1. The largest absolute Gasteiger partial charge is 0.394 e. The normalized spacial score (nSPS) is 13.2. The number of aliphatic hydroxyl groups is 2. The van der Waals surface area contributed by atoms with Crippen LogP contribution in [0.5, 0.6) is 0 Å². The molecule has 0 aliphatic carbocycles. The van der Waals surface area contributed by atoms with Crippen LogP contribution in [0.4, 0.5) is 0 Å². The van der Waals surface area contributed by atoms with Gasteiger partial charge in [-0.3, -0.25) is 4.79 Å². The lowest BCUT2D eigenvalue weighted by molar-refractivity contribution is -0.123. The lowest BCUT2D eigenvalue weighted by Gasteiger charge is -2.22. The van der Waals surface area contributed by atoms with Gasteiger partial charge in [0.15, 0.2) is 0 Å². The van der Waals surface area contributed by atoms with Crippen LogP contribution >= 0.6 is 0 Å². The van der Waals surface area contributed by atoms with Crippen LogP contribution in [0.3, 0.4) is 0 Å². The van der Waals surface area contributed by atoms with Gasteiger partial charge in [-0.2, -0.15) is 0 Å². The second-order valence-corrected chi connectivity index (χ2v) is 21.5. The summed E-state index contributed by atoms with van der Waals surface area (Å²) in [5.41, 5.74) is 0. The van der Waals surface area contributed by atoms with E-state index in [2.05, 4.69) is 92.1 Å². The molecule has 0 saturated carbocycles. The predicted octanol–water partition coefficient (Wildman–Crippen LogP) is 21.3. The molecular weight excluding hydrogens is 867 g/mol. The van der Waals surface area contributed by atoms with Crippen molar-refractivity contribution >= 4 is 5.91 Å². The van der Waals surface area contributed by atoms with Crippen LogP contribution < -0.4 is 5.32 Å². The first-order valence-corrected chi connectivity index (χ1v) is 31.6. The second kappa shape index (κ2) is 62.1. The molecule has 0 rings (SSSR count). The number of nitrogens with one attached hydrogen (secondary N) is 1. The van der Waals surface area contributed by atoms with Crippen LogP contribution in [0.1, 0.15) is 328 Å². The van der Waals surface area contributed by atoms with Crippen LogP contribution in [-0.4, -0.2) is 34.9 Å². The summed E-state index contributed by atoms with van der Waals surface area (Å²) in [5.74, 6) is -0.0384. The summed E-state index contributed by atoms with van der Waals surface area (Å²) < 4.78 is 0. The molecule has 0 saturated heterocycles. The molecule has 4 nitrogen and oxygen atoms in total. The maximum Gasteiger partial charge on any atom is 0.220 e. The fourth-order valence-corrected chi connectivity index (χ4v) is 9.72. The fourth-order valence-electron chi connectivity index (χ4n) is 9.72. The van der Waals surface area contributed by atoms with Crippen LogP contribution in [0.2, 0.25) is 0 Å². The molecule has 0 aliphatic rings. The van der Waals surface area contributed by atoms with E-state index in [1.165, 1.54) is 238 Å². The molecule has 0 radical (unpaired) electrons. The zero-order valence-corrected chi connectivity index (χ0v) is 47.7. The molecule has 1 amide bonds. The number of rotatable bonds is 58. The van der Waals surface area contributed by atoms with Gasteiger partial charge in [0.2, 0.25) is 5.91 Å². The third kappa shape index (κ3) is 58.6. The number of unbranched alkanes of at least 4 members (excludes halogenated alkanes) is 39. The SMILES string of the molecule is CC/C=C\C/C=C\C/C=C\C/C=C\C/C=C\C/C=C\CCCCCCCCCCC(=O)NC(CO)C(O)CCCCCCCCCCCCCCCCCCCCCCCCCCCCCCCCCC. The van der Waals surface area contributed by atoms with Crippen molar-refractivity contribution in [3.63, 3.8) is 0 Å². The Morgan fingerprint density at radius 3 is 0.930 bits per heavy atom. The average Bonchev–Trinajstić information content (AvgIpc) is 3.37. The van der Waals surface area contributed by atoms with Crippen LogP contribution in [0, 0.1) is 0 Å². The van der Waals surface area contributed by atoms with Crippen LogP contribution in [-0.2, 0) is 4.79 Å². The Hall–Kier alpha value is -2.17. The first-order chi connectivity index (χ1) is 35.2. The molecule has 0 aromatic heterocycles. The molecule has 414 valence electrons. The van der Waals surface area contributed by atoms with Crippen LogP contribution in [0.15, 0.2) is 72.9 Å². The van der Waals surface area contributed by atoms with E-state index >= 15 is 0 Å². The molecule has 0 aromatic rings. The molecular formula is C67H123NO3. The molecule has 0 aromatic carbocycles. The standard InChI is InChI=1S/C67H123NO3/c1-3-5-7-9-11-13-15-17-19-21-23-25-27-29-31-32-33-34-35-37-38-40-42-44-46-48-50-52-54-56-58-60-62-66(70)65(64-69)68-67(71)63-61-59-57-55-53-51-49-47-45-43-41-39-36-30-28-26-24-22-20-18-16-14-12-10-8-6-4-2/h6,8,12,14,18,20,24,26,30,36,41,43,65-66,69-70H,3-5,7,9-11,13,15-17,19,21-23,25,27-29,31-35,37-40,42,44-64H2,1-2H3,(H,68,71)/b8-6-,14-12-,20-18-,26-24-,36-30-,43-41-. The molecule has 0 aliphatic heterocycles. The predicted molar refractivity (Wildman–Crippen MR) is 317 cm³/mol. The number of aliphatic hydroxyl groups excluding tert-OH is 2. The topological polar surface area (TPSA) is 69.6 Å². The number of hydrogen-bond acceptors (Lipinski definition) is 3. The highest BCUT2D eigenvalue weighted by atomic mass is 16.3. The Kier molecular flexibility index (Phi) is 60.2. The Morgan fingerprint density at radius 2 is 0.620 bits per heavy atom. The van der Waals surface area contributed by atoms with Crippen molar-refractivity contribution in [3.8, 4) is 0 Å². The number of allylic oxidation sites excluding steroid dienone is 12. The molecule has 2 atom stereocenters. The van der Waals surface area contributed by atoms with Gasteiger partial charge in [-0.1, -0.05) is 331 Å². The van der Waals surface area contributed by atoms with Crippen molar-refractivity contribution in [3.05, 3.63) is 72.9 Å². The third-order valence-corrected chi connectivity index (χ3v) is 14.5. The van der Waals surface area contributed by atoms with E-state index in [4.69, 9.17) is 0 Å². The quantitative estimate of drug-likeness (QED) is 0.0420. The van der Waals surface area contributed by atoms with Crippen molar-refractivity contribution in [1.29, 1.82) is 0 Å². The first kappa shape index (κ1) is 68.8. The van der Waals surface area contributed by atoms with E-state index in [1.54, 1.807) is 0 Å². The van der Waals surface area contributed by atoms with Crippen molar-refractivity contribution in [2.45, 2.75) is 341 Å². The van der Waals surface area contributed by atoms with E-state index in [0.717, 1.165) is 64.2 Å².